The van der Waals surface area contributed by atoms with Crippen LogP contribution in [0.1, 0.15) is 103 Å². The van der Waals surface area contributed by atoms with Gasteiger partial charge in [0.1, 0.15) is 6.04 Å². The Labute approximate surface area is 176 Å². The number of aromatic nitrogens is 2. The van der Waals surface area contributed by atoms with Gasteiger partial charge in [-0.05, 0) is 6.42 Å². The van der Waals surface area contributed by atoms with Crippen molar-refractivity contribution in [2.45, 2.75) is 109 Å². The summed E-state index contributed by atoms with van der Waals surface area (Å²) in [4.78, 5) is 30.9. The fraction of sp³-hybridized carbons (Fsp3) is 0.783. The quantitative estimate of drug-likeness (QED) is 0.262. The monoisotopic (exact) mass is 407 g/mol. The van der Waals surface area contributed by atoms with E-state index in [2.05, 4.69) is 22.2 Å². The first kappa shape index (κ1) is 25.2. The molecule has 0 unspecified atom stereocenters. The van der Waals surface area contributed by atoms with Crippen molar-refractivity contribution >= 4 is 11.9 Å². The van der Waals surface area contributed by atoms with Crippen LogP contribution in [0.2, 0.25) is 0 Å². The molecule has 1 heterocycles. The predicted octanol–water partition coefficient (Wildman–Crippen LogP) is 5.09. The molecule has 0 fully saturated rings. The highest BCUT2D eigenvalue weighted by Crippen LogP contribution is 2.13. The number of ether oxygens (including phenoxy) is 1. The second-order valence-corrected chi connectivity index (χ2v) is 7.92. The first-order valence-electron chi connectivity index (χ1n) is 11.5. The van der Waals surface area contributed by atoms with E-state index < -0.39 is 12.0 Å². The van der Waals surface area contributed by atoms with E-state index in [1.54, 1.807) is 12.5 Å². The Balaban J connectivity index is 2.01. The van der Waals surface area contributed by atoms with Crippen LogP contribution in [0.3, 0.4) is 0 Å². The number of amides is 1. The molecule has 0 aliphatic rings. The third kappa shape index (κ3) is 13.1. The van der Waals surface area contributed by atoms with Gasteiger partial charge in [-0.15, -0.1) is 0 Å². The van der Waals surface area contributed by atoms with Gasteiger partial charge in [0.05, 0.1) is 13.4 Å². The van der Waals surface area contributed by atoms with Crippen molar-refractivity contribution in [3.63, 3.8) is 0 Å². The number of rotatable bonds is 18. The van der Waals surface area contributed by atoms with Gasteiger partial charge in [-0.2, -0.15) is 0 Å². The molecule has 6 heteroatoms. The van der Waals surface area contributed by atoms with Gasteiger partial charge >= 0.3 is 5.97 Å². The van der Waals surface area contributed by atoms with E-state index in [0.29, 0.717) is 12.8 Å². The minimum absolute atomic E-state index is 0.0945. The second-order valence-electron chi connectivity index (χ2n) is 7.92. The molecule has 1 amide bonds. The Morgan fingerprint density at radius 2 is 1.52 bits per heavy atom. The van der Waals surface area contributed by atoms with Gasteiger partial charge in [0.25, 0.3) is 0 Å². The summed E-state index contributed by atoms with van der Waals surface area (Å²) in [5.41, 5.74) is 0.793. The Morgan fingerprint density at radius 3 is 2.00 bits per heavy atom. The lowest BCUT2D eigenvalue weighted by Crippen LogP contribution is -2.43. The van der Waals surface area contributed by atoms with E-state index >= 15 is 0 Å². The van der Waals surface area contributed by atoms with Crippen LogP contribution in [0.25, 0.3) is 0 Å². The van der Waals surface area contributed by atoms with Crippen LogP contribution in [0.4, 0.5) is 0 Å². The van der Waals surface area contributed by atoms with Crippen LogP contribution >= 0.6 is 0 Å². The molecule has 0 aliphatic heterocycles. The fourth-order valence-electron chi connectivity index (χ4n) is 3.52. The van der Waals surface area contributed by atoms with Crippen molar-refractivity contribution in [1.82, 2.24) is 15.3 Å². The van der Waals surface area contributed by atoms with Crippen molar-refractivity contribution in [3.8, 4) is 0 Å². The number of H-pyrrole nitrogens is 1. The highest BCUT2D eigenvalue weighted by molar-refractivity contribution is 5.84. The van der Waals surface area contributed by atoms with E-state index in [0.717, 1.165) is 18.5 Å². The molecule has 166 valence electrons. The summed E-state index contributed by atoms with van der Waals surface area (Å²) in [7, 11) is 1.33. The highest BCUT2D eigenvalue weighted by Gasteiger charge is 2.22. The molecule has 0 spiro atoms. The van der Waals surface area contributed by atoms with Crippen LogP contribution < -0.4 is 5.32 Å². The average molecular weight is 408 g/mol. The number of aromatic amines is 1. The summed E-state index contributed by atoms with van der Waals surface area (Å²) in [5, 5.41) is 2.79. The SMILES string of the molecule is CCCCCCCCCCCCCCCC(=O)N[C@@H](Cc1cnc[nH]1)C(=O)OC. The maximum atomic E-state index is 12.2. The molecule has 0 radical (unpaired) electrons. The number of hydrogen-bond acceptors (Lipinski definition) is 4. The van der Waals surface area contributed by atoms with Crippen molar-refractivity contribution in [3.05, 3.63) is 18.2 Å². The normalized spacial score (nSPS) is 11.9. The van der Waals surface area contributed by atoms with E-state index in [9.17, 15) is 9.59 Å². The van der Waals surface area contributed by atoms with E-state index in [-0.39, 0.29) is 5.91 Å². The molecule has 1 rings (SSSR count). The maximum Gasteiger partial charge on any atom is 0.328 e. The summed E-state index contributed by atoms with van der Waals surface area (Å²) in [6, 6.07) is -0.671. The van der Waals surface area contributed by atoms with Crippen molar-refractivity contribution in [2.75, 3.05) is 7.11 Å². The molecule has 1 aromatic heterocycles. The summed E-state index contributed by atoms with van der Waals surface area (Å²) in [6.07, 6.45) is 20.6. The summed E-state index contributed by atoms with van der Waals surface area (Å²) in [6.45, 7) is 2.26. The van der Waals surface area contributed by atoms with Gasteiger partial charge in [-0.25, -0.2) is 9.78 Å². The Morgan fingerprint density at radius 1 is 0.966 bits per heavy atom. The first-order chi connectivity index (χ1) is 14.2. The number of carbonyl (C=O) groups is 2. The van der Waals surface area contributed by atoms with E-state index in [1.165, 1.54) is 77.7 Å². The van der Waals surface area contributed by atoms with Crippen LogP contribution in [0.15, 0.2) is 12.5 Å². The van der Waals surface area contributed by atoms with Gasteiger partial charge in [-0.3, -0.25) is 4.79 Å². The molecule has 29 heavy (non-hydrogen) atoms. The molecular formula is C23H41N3O3. The summed E-state index contributed by atoms with van der Waals surface area (Å²) >= 11 is 0. The number of imidazole rings is 1. The first-order valence-corrected chi connectivity index (χ1v) is 11.5. The molecule has 0 aliphatic carbocycles. The molecule has 0 saturated carbocycles. The van der Waals surface area contributed by atoms with Crippen molar-refractivity contribution in [2.24, 2.45) is 0 Å². The molecule has 2 N–H and O–H groups in total. The molecule has 0 aromatic carbocycles. The lowest BCUT2D eigenvalue weighted by molar-refractivity contribution is -0.145. The maximum absolute atomic E-state index is 12.2. The zero-order valence-corrected chi connectivity index (χ0v) is 18.5. The number of unbranched alkanes of at least 4 members (excludes halogenated alkanes) is 12. The van der Waals surface area contributed by atoms with E-state index in [4.69, 9.17) is 4.74 Å². The largest absolute Gasteiger partial charge is 0.467 e. The zero-order valence-electron chi connectivity index (χ0n) is 18.5. The van der Waals surface area contributed by atoms with Gasteiger partial charge in [0, 0.05) is 24.7 Å². The molecular weight excluding hydrogens is 366 g/mol. The molecule has 0 saturated heterocycles. The fourth-order valence-corrected chi connectivity index (χ4v) is 3.52. The number of methoxy groups -OCH3 is 1. The van der Waals surface area contributed by atoms with Crippen LogP contribution in [0, 0.1) is 0 Å². The van der Waals surface area contributed by atoms with Crippen molar-refractivity contribution in [1.29, 1.82) is 0 Å². The smallest absolute Gasteiger partial charge is 0.328 e. The topological polar surface area (TPSA) is 84.1 Å². The third-order valence-electron chi connectivity index (χ3n) is 5.31. The molecule has 6 nitrogen and oxygen atoms in total. The lowest BCUT2D eigenvalue weighted by Gasteiger charge is -2.15. The van der Waals surface area contributed by atoms with Crippen LogP contribution in [-0.2, 0) is 20.7 Å². The minimum atomic E-state index is -0.671. The Bertz CT molecular complexity index is 531. The van der Waals surface area contributed by atoms with Crippen molar-refractivity contribution < 1.29 is 14.3 Å². The van der Waals surface area contributed by atoms with Gasteiger partial charge in [0.15, 0.2) is 0 Å². The molecule has 1 atom stereocenters. The standard InChI is InChI=1S/C23H41N3O3/c1-3-4-5-6-7-8-9-10-11-12-13-14-15-16-22(27)26-21(23(28)29-2)17-20-18-24-19-25-20/h18-19,21H,3-17H2,1-2H3,(H,24,25)(H,26,27)/t21-/m0/s1. The summed E-state index contributed by atoms with van der Waals surface area (Å²) in [5.74, 6) is -0.527. The number of carbonyl (C=O) groups excluding carboxylic acids is 2. The predicted molar refractivity (Wildman–Crippen MR) is 117 cm³/mol. The molecule has 0 bridgehead atoms. The second kappa shape index (κ2) is 17.0. The lowest BCUT2D eigenvalue weighted by atomic mass is 10.0. The number of nitrogens with zero attached hydrogens (tertiary/aromatic N) is 1. The van der Waals surface area contributed by atoms with Gasteiger partial charge in [0.2, 0.25) is 5.91 Å². The Hall–Kier alpha value is -1.85. The molecule has 1 aromatic rings. The van der Waals surface area contributed by atoms with Gasteiger partial charge in [-0.1, -0.05) is 84.0 Å². The van der Waals surface area contributed by atoms with Crippen LogP contribution in [-0.4, -0.2) is 35.0 Å². The Kier molecular flexibility index (Phi) is 14.8. The van der Waals surface area contributed by atoms with Gasteiger partial charge < -0.3 is 15.0 Å². The number of nitrogens with one attached hydrogen (secondary N) is 2. The summed E-state index contributed by atoms with van der Waals surface area (Å²) < 4.78 is 4.80. The van der Waals surface area contributed by atoms with E-state index in [1.807, 2.05) is 0 Å². The zero-order chi connectivity index (χ0) is 21.2. The third-order valence-corrected chi connectivity index (χ3v) is 5.31. The number of esters is 1. The number of hydrogen-bond donors (Lipinski definition) is 2. The average Bonchev–Trinajstić information content (AvgIpc) is 3.23. The highest BCUT2D eigenvalue weighted by atomic mass is 16.5. The van der Waals surface area contributed by atoms with Crippen LogP contribution in [0.5, 0.6) is 0 Å². The minimum Gasteiger partial charge on any atom is -0.467 e.